The number of imidazole rings is 1. The average Bonchev–Trinajstić information content (AvgIpc) is 3.61. The van der Waals surface area contributed by atoms with Crippen LogP contribution in [0.5, 0.6) is 5.75 Å². The molecule has 1 aliphatic heterocycles. The van der Waals surface area contributed by atoms with E-state index in [9.17, 15) is 4.79 Å². The molecule has 1 saturated heterocycles. The smallest absolute Gasteiger partial charge is 0.274 e. The SMILES string of the molecule is CCc1nn(Cc2cccc(C)n2)c2cccc(NC(=O)c3cnc4cc(O[C@@H]5CCN(C)C5)ccn34)c12. The van der Waals surface area contributed by atoms with E-state index in [-0.39, 0.29) is 12.0 Å². The molecule has 0 spiro atoms. The normalized spacial score (nSPS) is 15.9. The molecule has 4 aromatic heterocycles. The molecule has 0 radical (unpaired) electrons. The number of aryl methyl sites for hydroxylation is 2. The molecule has 1 amide bonds. The highest BCUT2D eigenvalue weighted by Crippen LogP contribution is 2.29. The van der Waals surface area contributed by atoms with E-state index >= 15 is 0 Å². The number of likely N-dealkylation sites (N-methyl/N-ethyl adjacent to an activating group) is 1. The zero-order chi connectivity index (χ0) is 26.2. The Bertz CT molecular complexity index is 1640. The van der Waals surface area contributed by atoms with Crippen LogP contribution in [0.1, 0.15) is 40.9 Å². The highest BCUT2D eigenvalue weighted by atomic mass is 16.5. The molecule has 1 N–H and O–H groups in total. The zero-order valence-corrected chi connectivity index (χ0v) is 21.9. The van der Waals surface area contributed by atoms with Crippen molar-refractivity contribution in [2.24, 2.45) is 0 Å². The Morgan fingerprint density at radius 1 is 1.18 bits per heavy atom. The van der Waals surface area contributed by atoms with Crippen LogP contribution >= 0.6 is 0 Å². The molecule has 6 rings (SSSR count). The number of benzene rings is 1. The van der Waals surface area contributed by atoms with E-state index in [0.717, 1.165) is 65.4 Å². The lowest BCUT2D eigenvalue weighted by molar-refractivity contribution is 0.102. The highest BCUT2D eigenvalue weighted by Gasteiger charge is 2.22. The summed E-state index contributed by atoms with van der Waals surface area (Å²) in [5, 5.41) is 8.92. The van der Waals surface area contributed by atoms with Gasteiger partial charge in [0.15, 0.2) is 0 Å². The molecule has 0 unspecified atom stereocenters. The number of fused-ring (bicyclic) bond motifs is 2. The monoisotopic (exact) mass is 509 g/mol. The number of amides is 1. The van der Waals surface area contributed by atoms with E-state index in [4.69, 9.17) is 9.84 Å². The van der Waals surface area contributed by atoms with E-state index in [1.807, 2.05) is 66.3 Å². The Balaban J connectivity index is 1.27. The number of nitrogens with one attached hydrogen (secondary N) is 1. The van der Waals surface area contributed by atoms with Gasteiger partial charge in [0, 0.05) is 36.4 Å². The summed E-state index contributed by atoms with van der Waals surface area (Å²) in [5.74, 6) is 0.537. The summed E-state index contributed by atoms with van der Waals surface area (Å²) in [7, 11) is 2.10. The summed E-state index contributed by atoms with van der Waals surface area (Å²) in [6.45, 7) is 6.57. The van der Waals surface area contributed by atoms with Gasteiger partial charge >= 0.3 is 0 Å². The van der Waals surface area contributed by atoms with Gasteiger partial charge in [0.2, 0.25) is 0 Å². The van der Waals surface area contributed by atoms with Crippen molar-refractivity contribution in [3.05, 3.63) is 83.7 Å². The second kappa shape index (κ2) is 9.90. The quantitative estimate of drug-likeness (QED) is 0.351. The fourth-order valence-corrected chi connectivity index (χ4v) is 5.19. The Morgan fingerprint density at radius 2 is 2.05 bits per heavy atom. The Morgan fingerprint density at radius 3 is 2.84 bits per heavy atom. The third-order valence-electron chi connectivity index (χ3n) is 7.06. The first kappa shape index (κ1) is 24.1. The number of likely N-dealkylation sites (tertiary alicyclic amines) is 1. The van der Waals surface area contributed by atoms with Gasteiger partial charge in [0.25, 0.3) is 5.91 Å². The molecular formula is C29H31N7O2. The maximum absolute atomic E-state index is 13.4. The molecule has 194 valence electrons. The first-order valence-electron chi connectivity index (χ1n) is 13.0. The van der Waals surface area contributed by atoms with Crippen LogP contribution in [0.4, 0.5) is 5.69 Å². The fraction of sp³-hybridized carbons (Fsp3) is 0.310. The molecule has 9 nitrogen and oxygen atoms in total. The molecule has 1 aromatic carbocycles. The maximum atomic E-state index is 13.4. The number of nitrogens with zero attached hydrogens (tertiary/aromatic N) is 6. The number of anilines is 1. The molecule has 5 heterocycles. The van der Waals surface area contributed by atoms with Gasteiger partial charge in [-0.15, -0.1) is 0 Å². The van der Waals surface area contributed by atoms with Crippen LogP contribution in [-0.2, 0) is 13.0 Å². The van der Waals surface area contributed by atoms with Crippen molar-refractivity contribution in [1.82, 2.24) is 29.0 Å². The van der Waals surface area contributed by atoms with Crippen LogP contribution in [0.25, 0.3) is 16.6 Å². The van der Waals surface area contributed by atoms with E-state index in [2.05, 4.69) is 34.2 Å². The van der Waals surface area contributed by atoms with Crippen molar-refractivity contribution in [2.45, 2.75) is 39.3 Å². The minimum absolute atomic E-state index is 0.177. The largest absolute Gasteiger partial charge is 0.489 e. The number of carbonyl (C=O) groups excluding carboxylic acids is 1. The minimum Gasteiger partial charge on any atom is -0.489 e. The van der Waals surface area contributed by atoms with Crippen molar-refractivity contribution in [2.75, 3.05) is 25.5 Å². The van der Waals surface area contributed by atoms with E-state index < -0.39 is 0 Å². The topological polar surface area (TPSA) is 89.6 Å². The molecule has 9 heteroatoms. The fourth-order valence-electron chi connectivity index (χ4n) is 5.19. The summed E-state index contributed by atoms with van der Waals surface area (Å²) in [6.07, 6.45) is 5.37. The standard InChI is InChI=1S/C29H31N7O2/c1-4-23-28-24(9-6-10-25(28)36(33-23)17-20-8-5-7-19(2)31-20)32-29(37)26-16-30-27-15-21(12-14-35(26)27)38-22-11-13-34(3)18-22/h5-10,12,14-16,22H,4,11,13,17-18H2,1-3H3,(H,32,37)/t22-/m1/s1. The van der Waals surface area contributed by atoms with Crippen LogP contribution < -0.4 is 10.1 Å². The molecule has 1 aliphatic rings. The molecular weight excluding hydrogens is 478 g/mol. The lowest BCUT2D eigenvalue weighted by Gasteiger charge is -2.14. The zero-order valence-electron chi connectivity index (χ0n) is 21.9. The number of aromatic nitrogens is 5. The number of carbonyl (C=O) groups is 1. The first-order valence-corrected chi connectivity index (χ1v) is 13.0. The van der Waals surface area contributed by atoms with E-state index in [1.165, 1.54) is 0 Å². The van der Waals surface area contributed by atoms with Gasteiger partial charge in [-0.25, -0.2) is 4.98 Å². The van der Waals surface area contributed by atoms with Gasteiger partial charge in [-0.05, 0) is 57.1 Å². The molecule has 0 bridgehead atoms. The minimum atomic E-state index is -0.230. The molecule has 5 aromatic rings. The second-order valence-electron chi connectivity index (χ2n) is 9.91. The Hall–Kier alpha value is -4.24. The van der Waals surface area contributed by atoms with Crippen molar-refractivity contribution >= 4 is 28.1 Å². The lowest BCUT2D eigenvalue weighted by atomic mass is 10.1. The third kappa shape index (κ3) is 4.61. The number of pyridine rings is 2. The van der Waals surface area contributed by atoms with Gasteiger partial charge in [0.05, 0.1) is 35.3 Å². The van der Waals surface area contributed by atoms with Crippen molar-refractivity contribution in [1.29, 1.82) is 0 Å². The number of ether oxygens (including phenoxy) is 1. The van der Waals surface area contributed by atoms with Gasteiger partial charge in [-0.3, -0.25) is 18.9 Å². The number of hydrogen-bond acceptors (Lipinski definition) is 6. The van der Waals surface area contributed by atoms with Gasteiger partial charge in [-0.1, -0.05) is 19.1 Å². The predicted octanol–water partition coefficient (Wildman–Crippen LogP) is 4.33. The highest BCUT2D eigenvalue weighted by molar-refractivity contribution is 6.08. The third-order valence-corrected chi connectivity index (χ3v) is 7.06. The molecule has 1 fully saturated rings. The molecule has 1 atom stereocenters. The second-order valence-corrected chi connectivity index (χ2v) is 9.91. The number of rotatable bonds is 7. The van der Waals surface area contributed by atoms with Gasteiger partial charge in [-0.2, -0.15) is 5.10 Å². The Kier molecular flexibility index (Phi) is 6.29. The summed E-state index contributed by atoms with van der Waals surface area (Å²) in [4.78, 5) is 24.8. The molecule has 0 saturated carbocycles. The van der Waals surface area contributed by atoms with Gasteiger partial charge in [0.1, 0.15) is 23.2 Å². The van der Waals surface area contributed by atoms with Crippen LogP contribution in [0.2, 0.25) is 0 Å². The van der Waals surface area contributed by atoms with Crippen molar-refractivity contribution in [3.8, 4) is 5.75 Å². The van der Waals surface area contributed by atoms with E-state index in [0.29, 0.717) is 17.9 Å². The van der Waals surface area contributed by atoms with Crippen LogP contribution in [-0.4, -0.2) is 61.2 Å². The summed E-state index contributed by atoms with van der Waals surface area (Å²) >= 11 is 0. The first-order chi connectivity index (χ1) is 18.5. The number of hydrogen-bond donors (Lipinski definition) is 1. The maximum Gasteiger partial charge on any atom is 0.274 e. The average molecular weight is 510 g/mol. The summed E-state index contributed by atoms with van der Waals surface area (Å²) < 4.78 is 9.89. The summed E-state index contributed by atoms with van der Waals surface area (Å²) in [6, 6.07) is 15.7. The summed E-state index contributed by atoms with van der Waals surface area (Å²) in [5.41, 5.74) is 5.67. The van der Waals surface area contributed by atoms with Crippen molar-refractivity contribution < 1.29 is 9.53 Å². The molecule has 0 aliphatic carbocycles. The van der Waals surface area contributed by atoms with Crippen LogP contribution in [0.15, 0.2) is 60.9 Å². The van der Waals surface area contributed by atoms with E-state index in [1.54, 1.807) is 10.6 Å². The van der Waals surface area contributed by atoms with Gasteiger partial charge < -0.3 is 15.0 Å². The van der Waals surface area contributed by atoms with Crippen LogP contribution in [0.3, 0.4) is 0 Å². The lowest BCUT2D eigenvalue weighted by Crippen LogP contribution is -2.21. The van der Waals surface area contributed by atoms with Crippen LogP contribution in [0, 0.1) is 6.92 Å². The predicted molar refractivity (Wildman–Crippen MR) is 147 cm³/mol. The van der Waals surface area contributed by atoms with Crippen molar-refractivity contribution in [3.63, 3.8) is 0 Å². The Labute approximate surface area is 221 Å². The molecule has 38 heavy (non-hydrogen) atoms.